The minimum atomic E-state index is -0.813. The molecule has 0 amide bonds. The van der Waals surface area contributed by atoms with Crippen molar-refractivity contribution < 1.29 is 19.0 Å². The molecule has 4 heteroatoms. The maximum Gasteiger partial charge on any atom is 0.194 e. The number of unbranched alkanes of at least 4 members (excludes halogenated alkanes) is 8. The van der Waals surface area contributed by atoms with E-state index < -0.39 is 5.60 Å². The van der Waals surface area contributed by atoms with Crippen molar-refractivity contribution in [3.63, 3.8) is 0 Å². The number of carbonyl (C=O) groups is 1. The molecule has 0 saturated carbocycles. The van der Waals surface area contributed by atoms with Crippen LogP contribution in [0.1, 0.15) is 116 Å². The van der Waals surface area contributed by atoms with Crippen LogP contribution in [0.25, 0.3) is 0 Å². The van der Waals surface area contributed by atoms with E-state index >= 15 is 0 Å². The zero-order valence-electron chi connectivity index (χ0n) is 21.4. The molecule has 1 unspecified atom stereocenters. The minimum absolute atomic E-state index is 0.00950. The molecule has 1 atom stereocenters. The summed E-state index contributed by atoms with van der Waals surface area (Å²) >= 11 is 0. The first-order valence-electron chi connectivity index (χ1n) is 12.9. The van der Waals surface area contributed by atoms with Gasteiger partial charge in [0.15, 0.2) is 5.78 Å². The summed E-state index contributed by atoms with van der Waals surface area (Å²) in [6, 6.07) is 7.35. The van der Waals surface area contributed by atoms with Gasteiger partial charge in [-0.05, 0) is 57.9 Å². The summed E-state index contributed by atoms with van der Waals surface area (Å²) < 4.78 is 17.5. The van der Waals surface area contributed by atoms with E-state index in [0.29, 0.717) is 25.4 Å². The average Bonchev–Trinajstić information content (AvgIpc) is 2.79. The van der Waals surface area contributed by atoms with E-state index in [-0.39, 0.29) is 11.9 Å². The van der Waals surface area contributed by atoms with Crippen molar-refractivity contribution in [3.8, 4) is 5.75 Å². The van der Waals surface area contributed by atoms with Crippen LogP contribution in [0.5, 0.6) is 5.75 Å². The molecule has 0 aliphatic carbocycles. The zero-order valence-corrected chi connectivity index (χ0v) is 21.4. The smallest absolute Gasteiger partial charge is 0.194 e. The van der Waals surface area contributed by atoms with Crippen molar-refractivity contribution >= 4 is 5.78 Å². The van der Waals surface area contributed by atoms with Crippen LogP contribution in [0, 0.1) is 0 Å². The fourth-order valence-electron chi connectivity index (χ4n) is 3.68. The van der Waals surface area contributed by atoms with E-state index in [1.54, 1.807) is 0 Å². The molecule has 0 saturated heterocycles. The molecule has 0 bridgehead atoms. The number of carbonyl (C=O) groups excluding carboxylic acids is 1. The van der Waals surface area contributed by atoms with Crippen LogP contribution in [-0.4, -0.2) is 37.3 Å². The Morgan fingerprint density at radius 2 is 1.41 bits per heavy atom. The van der Waals surface area contributed by atoms with Crippen LogP contribution in [0.2, 0.25) is 0 Å². The van der Waals surface area contributed by atoms with Crippen LogP contribution in [0.15, 0.2) is 24.3 Å². The highest BCUT2D eigenvalue weighted by Crippen LogP contribution is 2.21. The highest BCUT2D eigenvalue weighted by Gasteiger charge is 2.29. The largest absolute Gasteiger partial charge is 0.491 e. The van der Waals surface area contributed by atoms with Gasteiger partial charge in [0, 0.05) is 12.2 Å². The number of ether oxygens (including phenoxy) is 3. The molecule has 4 nitrogen and oxygen atoms in total. The first kappa shape index (κ1) is 28.6. The van der Waals surface area contributed by atoms with E-state index in [1.807, 2.05) is 38.1 Å². The van der Waals surface area contributed by atoms with Crippen LogP contribution in [0.4, 0.5) is 0 Å². The van der Waals surface area contributed by atoms with Crippen LogP contribution in [0.3, 0.4) is 0 Å². The zero-order chi connectivity index (χ0) is 23.7. The Morgan fingerprint density at radius 1 is 0.812 bits per heavy atom. The molecule has 0 aliphatic heterocycles. The number of benzene rings is 1. The number of ketones is 1. The van der Waals surface area contributed by atoms with Gasteiger partial charge in [-0.3, -0.25) is 4.79 Å². The maximum absolute atomic E-state index is 12.9. The molecule has 0 aliphatic rings. The molecular weight excluding hydrogens is 400 g/mol. The maximum atomic E-state index is 12.9. The quantitative estimate of drug-likeness (QED) is 0.151. The third kappa shape index (κ3) is 12.6. The Bertz CT molecular complexity index is 594. The average molecular weight is 449 g/mol. The predicted octanol–water partition coefficient (Wildman–Crippen LogP) is 7.78. The molecule has 0 spiro atoms. The first-order valence-corrected chi connectivity index (χ1v) is 12.9. The summed E-state index contributed by atoms with van der Waals surface area (Å²) in [6.07, 6.45) is 13.7. The van der Waals surface area contributed by atoms with Crippen molar-refractivity contribution in [2.24, 2.45) is 0 Å². The highest BCUT2D eigenvalue weighted by molar-refractivity contribution is 6.02. The Labute approximate surface area is 197 Å². The first-order chi connectivity index (χ1) is 15.4. The van der Waals surface area contributed by atoms with Gasteiger partial charge in [-0.15, -0.1) is 0 Å². The van der Waals surface area contributed by atoms with Gasteiger partial charge in [-0.25, -0.2) is 0 Å². The molecule has 1 aromatic rings. The van der Waals surface area contributed by atoms with Crippen LogP contribution in [-0.2, 0) is 9.47 Å². The number of rotatable bonds is 20. The summed E-state index contributed by atoms with van der Waals surface area (Å²) in [7, 11) is 0. The second kappa shape index (κ2) is 17.1. The number of Topliss-reactive ketones (excluding diaryl/α,β-unsaturated/α-hetero) is 1. The van der Waals surface area contributed by atoms with E-state index in [0.717, 1.165) is 25.0 Å². The van der Waals surface area contributed by atoms with Crippen molar-refractivity contribution in [3.05, 3.63) is 29.8 Å². The van der Waals surface area contributed by atoms with E-state index in [4.69, 9.17) is 14.2 Å². The summed E-state index contributed by atoms with van der Waals surface area (Å²) in [6.45, 7) is 12.0. The van der Waals surface area contributed by atoms with E-state index in [2.05, 4.69) is 20.8 Å². The Kier molecular flexibility index (Phi) is 15.3. The van der Waals surface area contributed by atoms with Gasteiger partial charge in [0.05, 0.1) is 12.7 Å². The number of hydrogen-bond donors (Lipinski definition) is 0. The van der Waals surface area contributed by atoms with Gasteiger partial charge in [-0.1, -0.05) is 71.6 Å². The summed E-state index contributed by atoms with van der Waals surface area (Å²) in [5, 5.41) is 0. The van der Waals surface area contributed by atoms with Gasteiger partial charge >= 0.3 is 0 Å². The molecule has 0 aromatic heterocycles. The Morgan fingerprint density at radius 3 is 2.06 bits per heavy atom. The van der Waals surface area contributed by atoms with Crippen molar-refractivity contribution in [1.82, 2.24) is 0 Å². The molecule has 32 heavy (non-hydrogen) atoms. The standard InChI is InChI=1S/C28H48O4/c1-6-8-10-12-13-15-21-32-28(4,5)27(29)25-17-19-26(20-18-25)31-23-22-30-24(3)16-14-11-9-7-2/h17-20,24H,6-16,21-23H2,1-5H3. The molecular formula is C28H48O4. The molecule has 0 fully saturated rings. The topological polar surface area (TPSA) is 44.8 Å². The number of hydrogen-bond acceptors (Lipinski definition) is 4. The molecule has 0 radical (unpaired) electrons. The Balaban J connectivity index is 2.29. The molecule has 0 N–H and O–H groups in total. The van der Waals surface area contributed by atoms with Crippen LogP contribution >= 0.6 is 0 Å². The summed E-state index contributed by atoms with van der Waals surface area (Å²) in [4.78, 5) is 12.9. The SMILES string of the molecule is CCCCCCCCOC(C)(C)C(=O)c1ccc(OCCOC(C)CCCCCC)cc1. The van der Waals surface area contributed by atoms with Gasteiger partial charge in [0.2, 0.25) is 0 Å². The lowest BCUT2D eigenvalue weighted by Crippen LogP contribution is -2.35. The molecule has 184 valence electrons. The lowest BCUT2D eigenvalue weighted by molar-refractivity contribution is -0.00589. The summed E-state index contributed by atoms with van der Waals surface area (Å²) in [5.41, 5.74) is -0.158. The molecule has 1 rings (SSSR count). The van der Waals surface area contributed by atoms with Crippen molar-refractivity contribution in [1.29, 1.82) is 0 Å². The van der Waals surface area contributed by atoms with E-state index in [9.17, 15) is 4.79 Å². The summed E-state index contributed by atoms with van der Waals surface area (Å²) in [5.74, 6) is 0.766. The van der Waals surface area contributed by atoms with Crippen LogP contribution < -0.4 is 4.74 Å². The monoisotopic (exact) mass is 448 g/mol. The lowest BCUT2D eigenvalue weighted by Gasteiger charge is -2.24. The van der Waals surface area contributed by atoms with E-state index in [1.165, 1.54) is 51.4 Å². The van der Waals surface area contributed by atoms with Gasteiger partial charge in [0.25, 0.3) is 0 Å². The van der Waals surface area contributed by atoms with Crippen molar-refractivity contribution in [2.45, 2.75) is 117 Å². The second-order valence-electron chi connectivity index (χ2n) is 9.36. The predicted molar refractivity (Wildman–Crippen MR) is 134 cm³/mol. The third-order valence-corrected chi connectivity index (χ3v) is 5.84. The fourth-order valence-corrected chi connectivity index (χ4v) is 3.68. The lowest BCUT2D eigenvalue weighted by atomic mass is 9.96. The molecule has 0 heterocycles. The second-order valence-corrected chi connectivity index (χ2v) is 9.36. The van der Waals surface area contributed by atoms with Crippen molar-refractivity contribution in [2.75, 3.05) is 19.8 Å². The minimum Gasteiger partial charge on any atom is -0.491 e. The third-order valence-electron chi connectivity index (χ3n) is 5.84. The highest BCUT2D eigenvalue weighted by atomic mass is 16.5. The Hall–Kier alpha value is -1.39. The van der Waals surface area contributed by atoms with Gasteiger partial charge in [0.1, 0.15) is 18.0 Å². The fraction of sp³-hybridized carbons (Fsp3) is 0.750. The van der Waals surface area contributed by atoms with Gasteiger partial charge in [-0.2, -0.15) is 0 Å². The normalized spacial score (nSPS) is 12.7. The molecule has 1 aromatic carbocycles. The van der Waals surface area contributed by atoms with Gasteiger partial charge < -0.3 is 14.2 Å².